The van der Waals surface area contributed by atoms with Gasteiger partial charge in [0.05, 0.1) is 6.54 Å². The summed E-state index contributed by atoms with van der Waals surface area (Å²) in [6, 6.07) is 7.45. The molecule has 3 N–H and O–H groups in total. The first-order valence-corrected chi connectivity index (χ1v) is 6.13. The first-order valence-electron chi connectivity index (χ1n) is 5.25. The maximum atomic E-state index is 11.8. The number of hydrogen-bond donors (Lipinski definition) is 2. The van der Waals surface area contributed by atoms with Crippen LogP contribution in [0.15, 0.2) is 35.8 Å². The quantitative estimate of drug-likeness (QED) is 0.861. The molecule has 0 radical (unpaired) electrons. The number of hydrogen-bond acceptors (Lipinski definition) is 4. The summed E-state index contributed by atoms with van der Waals surface area (Å²) in [4.78, 5) is 16.9. The molecule has 0 aliphatic rings. The van der Waals surface area contributed by atoms with Gasteiger partial charge >= 0.3 is 0 Å². The van der Waals surface area contributed by atoms with Gasteiger partial charge in [0.1, 0.15) is 5.69 Å². The maximum absolute atomic E-state index is 11.8. The van der Waals surface area contributed by atoms with E-state index in [4.69, 9.17) is 5.73 Å². The summed E-state index contributed by atoms with van der Waals surface area (Å²) >= 11 is 1.61. The molecule has 2 heterocycles. The lowest BCUT2D eigenvalue weighted by Gasteiger charge is -2.04. The van der Waals surface area contributed by atoms with E-state index in [-0.39, 0.29) is 5.91 Å². The third-order valence-electron chi connectivity index (χ3n) is 2.30. The van der Waals surface area contributed by atoms with Crippen LogP contribution in [-0.2, 0) is 13.1 Å². The van der Waals surface area contributed by atoms with E-state index in [0.717, 1.165) is 10.4 Å². The number of thiophene rings is 1. The largest absolute Gasteiger partial charge is 0.346 e. The van der Waals surface area contributed by atoms with Gasteiger partial charge in [0.15, 0.2) is 0 Å². The van der Waals surface area contributed by atoms with Crippen LogP contribution in [0.2, 0.25) is 0 Å². The minimum atomic E-state index is -0.172. The molecule has 0 spiro atoms. The van der Waals surface area contributed by atoms with Gasteiger partial charge in [-0.3, -0.25) is 9.78 Å². The van der Waals surface area contributed by atoms with Crippen molar-refractivity contribution in [2.24, 2.45) is 5.73 Å². The number of nitrogens with zero attached hydrogens (tertiary/aromatic N) is 1. The molecule has 0 saturated heterocycles. The molecule has 1 amide bonds. The fourth-order valence-electron chi connectivity index (χ4n) is 1.40. The second-order valence-electron chi connectivity index (χ2n) is 3.52. The Morgan fingerprint density at radius 2 is 2.35 bits per heavy atom. The molecule has 0 unspecified atom stereocenters. The lowest BCUT2D eigenvalue weighted by molar-refractivity contribution is 0.0946. The predicted octanol–water partition coefficient (Wildman–Crippen LogP) is 1.53. The van der Waals surface area contributed by atoms with Crippen molar-refractivity contribution in [2.45, 2.75) is 13.1 Å². The topological polar surface area (TPSA) is 68.0 Å². The highest BCUT2D eigenvalue weighted by molar-refractivity contribution is 7.09. The van der Waals surface area contributed by atoms with Crippen LogP contribution in [0.3, 0.4) is 0 Å². The molecular weight excluding hydrogens is 234 g/mol. The minimum Gasteiger partial charge on any atom is -0.346 e. The zero-order valence-electron chi connectivity index (χ0n) is 9.22. The second-order valence-corrected chi connectivity index (χ2v) is 4.55. The van der Waals surface area contributed by atoms with Gasteiger partial charge in [-0.1, -0.05) is 6.07 Å². The molecule has 4 nitrogen and oxygen atoms in total. The summed E-state index contributed by atoms with van der Waals surface area (Å²) in [6.45, 7) is 0.943. The Bertz CT molecular complexity index is 496. The van der Waals surface area contributed by atoms with Crippen molar-refractivity contribution in [3.8, 4) is 0 Å². The van der Waals surface area contributed by atoms with E-state index in [0.29, 0.717) is 18.8 Å². The van der Waals surface area contributed by atoms with Crippen molar-refractivity contribution in [1.29, 1.82) is 0 Å². The van der Waals surface area contributed by atoms with Crippen molar-refractivity contribution in [1.82, 2.24) is 10.3 Å². The minimum absolute atomic E-state index is 0.172. The van der Waals surface area contributed by atoms with Crippen LogP contribution < -0.4 is 11.1 Å². The monoisotopic (exact) mass is 247 g/mol. The highest BCUT2D eigenvalue weighted by Crippen LogP contribution is 2.08. The van der Waals surface area contributed by atoms with Gasteiger partial charge < -0.3 is 11.1 Å². The molecule has 5 heteroatoms. The number of nitrogens with one attached hydrogen (secondary N) is 1. The molecule has 0 saturated carbocycles. The van der Waals surface area contributed by atoms with Crippen LogP contribution in [0, 0.1) is 0 Å². The van der Waals surface area contributed by atoms with Crippen molar-refractivity contribution in [2.75, 3.05) is 0 Å². The van der Waals surface area contributed by atoms with Gasteiger partial charge in [0.25, 0.3) is 5.91 Å². The normalized spacial score (nSPS) is 10.2. The second kappa shape index (κ2) is 5.56. The summed E-state index contributed by atoms with van der Waals surface area (Å²) in [5.74, 6) is -0.172. The highest BCUT2D eigenvalue weighted by Gasteiger charge is 2.07. The summed E-state index contributed by atoms with van der Waals surface area (Å²) < 4.78 is 0. The Balaban J connectivity index is 1.99. The van der Waals surface area contributed by atoms with Crippen molar-refractivity contribution in [3.05, 3.63) is 52.0 Å². The van der Waals surface area contributed by atoms with Crippen LogP contribution in [-0.4, -0.2) is 10.9 Å². The molecule has 0 fully saturated rings. The Morgan fingerprint density at radius 1 is 1.47 bits per heavy atom. The van der Waals surface area contributed by atoms with E-state index in [1.165, 1.54) is 0 Å². The van der Waals surface area contributed by atoms with Gasteiger partial charge in [-0.15, -0.1) is 11.3 Å². The number of carbonyl (C=O) groups is 1. The SMILES string of the molecule is NCc1ccnc(C(=O)NCc2cccs2)c1. The number of carbonyl (C=O) groups excluding carboxylic acids is 1. The van der Waals surface area contributed by atoms with Crippen LogP contribution in [0.5, 0.6) is 0 Å². The molecule has 0 aromatic carbocycles. The molecule has 2 aromatic rings. The Hall–Kier alpha value is -1.72. The lowest BCUT2D eigenvalue weighted by atomic mass is 10.2. The van der Waals surface area contributed by atoms with Crippen LogP contribution in [0.25, 0.3) is 0 Å². The number of nitrogens with two attached hydrogens (primary N) is 1. The Morgan fingerprint density at radius 3 is 3.06 bits per heavy atom. The smallest absolute Gasteiger partial charge is 0.270 e. The van der Waals surface area contributed by atoms with E-state index >= 15 is 0 Å². The lowest BCUT2D eigenvalue weighted by Crippen LogP contribution is -2.23. The molecule has 0 bridgehead atoms. The van der Waals surface area contributed by atoms with E-state index in [1.807, 2.05) is 17.5 Å². The number of rotatable bonds is 4. The van der Waals surface area contributed by atoms with Gasteiger partial charge in [0.2, 0.25) is 0 Å². The van der Waals surface area contributed by atoms with Crippen molar-refractivity contribution < 1.29 is 4.79 Å². The number of aromatic nitrogens is 1. The zero-order chi connectivity index (χ0) is 12.1. The average molecular weight is 247 g/mol. The van der Waals surface area contributed by atoms with Crippen LogP contribution in [0.4, 0.5) is 0 Å². The van der Waals surface area contributed by atoms with Crippen LogP contribution >= 0.6 is 11.3 Å². The third kappa shape index (κ3) is 3.12. The summed E-state index contributed by atoms with van der Waals surface area (Å²) in [6.07, 6.45) is 1.60. The molecule has 2 aromatic heterocycles. The average Bonchev–Trinajstić information content (AvgIpc) is 2.89. The molecule has 0 aliphatic carbocycles. The number of pyridine rings is 1. The highest BCUT2D eigenvalue weighted by atomic mass is 32.1. The molecule has 88 valence electrons. The molecule has 2 rings (SSSR count). The van der Waals surface area contributed by atoms with Crippen molar-refractivity contribution in [3.63, 3.8) is 0 Å². The van der Waals surface area contributed by atoms with Crippen LogP contribution in [0.1, 0.15) is 20.9 Å². The van der Waals surface area contributed by atoms with E-state index in [1.54, 1.807) is 29.7 Å². The molecule has 0 aliphatic heterocycles. The molecular formula is C12H13N3OS. The number of amides is 1. The van der Waals surface area contributed by atoms with E-state index in [2.05, 4.69) is 10.3 Å². The standard InChI is InChI=1S/C12H13N3OS/c13-7-9-3-4-14-11(6-9)12(16)15-8-10-2-1-5-17-10/h1-6H,7-8,13H2,(H,15,16). The zero-order valence-corrected chi connectivity index (χ0v) is 10.0. The first-order chi connectivity index (χ1) is 8.29. The fraction of sp³-hybridized carbons (Fsp3) is 0.167. The predicted molar refractivity (Wildman–Crippen MR) is 67.6 cm³/mol. The van der Waals surface area contributed by atoms with Gasteiger partial charge in [-0.25, -0.2) is 0 Å². The molecule has 0 atom stereocenters. The summed E-state index contributed by atoms with van der Waals surface area (Å²) in [7, 11) is 0. The Labute approximate surface area is 103 Å². The third-order valence-corrected chi connectivity index (χ3v) is 3.17. The Kier molecular flexibility index (Phi) is 3.85. The van der Waals surface area contributed by atoms with Gasteiger partial charge in [0, 0.05) is 17.6 Å². The first kappa shape index (κ1) is 11.8. The summed E-state index contributed by atoms with van der Waals surface area (Å²) in [5, 5.41) is 4.80. The molecule has 17 heavy (non-hydrogen) atoms. The fourth-order valence-corrected chi connectivity index (χ4v) is 2.04. The van der Waals surface area contributed by atoms with Gasteiger partial charge in [-0.2, -0.15) is 0 Å². The van der Waals surface area contributed by atoms with Crippen molar-refractivity contribution >= 4 is 17.2 Å². The maximum Gasteiger partial charge on any atom is 0.270 e. The summed E-state index contributed by atoms with van der Waals surface area (Å²) in [5.41, 5.74) is 6.82. The van der Waals surface area contributed by atoms with E-state index < -0.39 is 0 Å². The van der Waals surface area contributed by atoms with Gasteiger partial charge in [-0.05, 0) is 29.1 Å². The van der Waals surface area contributed by atoms with E-state index in [9.17, 15) is 4.79 Å².